The molecule has 1 aliphatic heterocycles. The Bertz CT molecular complexity index is 562. The van der Waals surface area contributed by atoms with Gasteiger partial charge in [-0.3, -0.25) is 4.79 Å². The number of rotatable bonds is 1. The van der Waals surface area contributed by atoms with E-state index in [1.54, 1.807) is 38.1 Å². The summed E-state index contributed by atoms with van der Waals surface area (Å²) >= 11 is 0. The first kappa shape index (κ1) is 13.7. The van der Waals surface area contributed by atoms with Crippen molar-refractivity contribution in [1.29, 1.82) is 0 Å². The van der Waals surface area contributed by atoms with Crippen LogP contribution in [0.3, 0.4) is 0 Å². The lowest BCUT2D eigenvalue weighted by atomic mass is 9.74. The van der Waals surface area contributed by atoms with Crippen molar-refractivity contribution in [2.24, 2.45) is 0 Å². The number of fused-ring (bicyclic) bond motifs is 2. The SMILES string of the molecule is CC(C)(O)C1CC2(O)C(=O)c3ccccc3C(O)C2O1. The summed E-state index contributed by atoms with van der Waals surface area (Å²) in [6.45, 7) is 3.12. The van der Waals surface area contributed by atoms with Crippen LogP contribution in [0.5, 0.6) is 0 Å². The molecule has 5 heteroatoms. The highest BCUT2D eigenvalue weighted by atomic mass is 16.6. The molecule has 1 heterocycles. The van der Waals surface area contributed by atoms with Gasteiger partial charge in [-0.25, -0.2) is 0 Å². The zero-order chi connectivity index (χ0) is 14.7. The van der Waals surface area contributed by atoms with Gasteiger partial charge in [0.15, 0.2) is 11.4 Å². The molecular formula is C15H18O5. The number of hydrogen-bond donors (Lipinski definition) is 3. The van der Waals surface area contributed by atoms with Crippen LogP contribution in [0.2, 0.25) is 0 Å². The van der Waals surface area contributed by atoms with Crippen LogP contribution in [-0.4, -0.2) is 44.5 Å². The summed E-state index contributed by atoms with van der Waals surface area (Å²) in [7, 11) is 0. The number of aliphatic hydroxyl groups excluding tert-OH is 1. The summed E-state index contributed by atoms with van der Waals surface area (Å²) in [5.74, 6) is -0.449. The number of benzene rings is 1. The number of ether oxygens (including phenoxy) is 1. The molecule has 1 aromatic carbocycles. The van der Waals surface area contributed by atoms with Crippen LogP contribution in [0.25, 0.3) is 0 Å². The quantitative estimate of drug-likeness (QED) is 0.699. The minimum absolute atomic E-state index is 0.0224. The van der Waals surface area contributed by atoms with Crippen molar-refractivity contribution in [3.05, 3.63) is 35.4 Å². The second-order valence-corrected chi connectivity index (χ2v) is 6.19. The van der Waals surface area contributed by atoms with Gasteiger partial charge in [0.1, 0.15) is 12.2 Å². The summed E-state index contributed by atoms with van der Waals surface area (Å²) in [6.07, 6.45) is -2.85. The molecule has 2 aliphatic rings. The summed E-state index contributed by atoms with van der Waals surface area (Å²) < 4.78 is 5.60. The first-order valence-corrected chi connectivity index (χ1v) is 6.67. The molecule has 20 heavy (non-hydrogen) atoms. The Hall–Kier alpha value is -1.27. The zero-order valence-corrected chi connectivity index (χ0v) is 11.4. The molecule has 0 amide bonds. The lowest BCUT2D eigenvalue weighted by Gasteiger charge is -2.36. The minimum Gasteiger partial charge on any atom is -0.388 e. The van der Waals surface area contributed by atoms with E-state index in [2.05, 4.69) is 0 Å². The molecule has 0 saturated carbocycles. The second kappa shape index (κ2) is 4.11. The van der Waals surface area contributed by atoms with E-state index in [9.17, 15) is 20.1 Å². The summed E-state index contributed by atoms with van der Waals surface area (Å²) in [6, 6.07) is 6.66. The summed E-state index contributed by atoms with van der Waals surface area (Å²) in [4.78, 5) is 12.5. The largest absolute Gasteiger partial charge is 0.388 e. The van der Waals surface area contributed by atoms with Gasteiger partial charge in [-0.2, -0.15) is 0 Å². The second-order valence-electron chi connectivity index (χ2n) is 6.19. The molecule has 0 aromatic heterocycles. The van der Waals surface area contributed by atoms with Gasteiger partial charge in [-0.1, -0.05) is 24.3 Å². The Morgan fingerprint density at radius 2 is 2.00 bits per heavy atom. The lowest BCUT2D eigenvalue weighted by Crippen LogP contribution is -2.52. The molecule has 5 nitrogen and oxygen atoms in total. The molecule has 1 aromatic rings. The van der Waals surface area contributed by atoms with Crippen molar-refractivity contribution in [2.45, 2.75) is 49.8 Å². The zero-order valence-electron chi connectivity index (χ0n) is 11.4. The maximum Gasteiger partial charge on any atom is 0.197 e. The first-order valence-electron chi connectivity index (χ1n) is 6.67. The third-order valence-electron chi connectivity index (χ3n) is 4.27. The van der Waals surface area contributed by atoms with Crippen LogP contribution >= 0.6 is 0 Å². The van der Waals surface area contributed by atoms with E-state index in [0.29, 0.717) is 11.1 Å². The van der Waals surface area contributed by atoms with Crippen molar-refractivity contribution in [3.63, 3.8) is 0 Å². The molecule has 3 rings (SSSR count). The van der Waals surface area contributed by atoms with E-state index >= 15 is 0 Å². The van der Waals surface area contributed by atoms with E-state index in [0.717, 1.165) is 0 Å². The smallest absolute Gasteiger partial charge is 0.197 e. The third kappa shape index (κ3) is 1.74. The molecule has 108 valence electrons. The fraction of sp³-hybridized carbons (Fsp3) is 0.533. The fourth-order valence-electron chi connectivity index (χ4n) is 3.07. The number of carbonyl (C=O) groups excluding carboxylic acids is 1. The Labute approximate surface area is 116 Å². The molecule has 1 fully saturated rings. The third-order valence-corrected chi connectivity index (χ3v) is 4.27. The van der Waals surface area contributed by atoms with Crippen molar-refractivity contribution in [2.75, 3.05) is 0 Å². The summed E-state index contributed by atoms with van der Waals surface area (Å²) in [5.41, 5.74) is -2.19. The minimum atomic E-state index is -1.78. The van der Waals surface area contributed by atoms with Crippen LogP contribution in [0.4, 0.5) is 0 Å². The van der Waals surface area contributed by atoms with E-state index in [4.69, 9.17) is 4.74 Å². The van der Waals surface area contributed by atoms with Gasteiger partial charge < -0.3 is 20.1 Å². The highest BCUT2D eigenvalue weighted by molar-refractivity contribution is 6.05. The summed E-state index contributed by atoms with van der Waals surface area (Å²) in [5, 5.41) is 31.1. The molecule has 0 radical (unpaired) electrons. The van der Waals surface area contributed by atoms with Crippen LogP contribution < -0.4 is 0 Å². The van der Waals surface area contributed by atoms with Crippen LogP contribution in [0, 0.1) is 0 Å². The normalized spacial score (nSPS) is 36.6. The molecule has 1 aliphatic carbocycles. The molecule has 4 atom stereocenters. The molecular weight excluding hydrogens is 260 g/mol. The van der Waals surface area contributed by atoms with E-state index in [1.807, 2.05) is 0 Å². The molecule has 0 bridgehead atoms. The van der Waals surface area contributed by atoms with E-state index < -0.39 is 35.3 Å². The predicted molar refractivity (Wildman–Crippen MR) is 70.3 cm³/mol. The Kier molecular flexibility index (Phi) is 2.82. The highest BCUT2D eigenvalue weighted by Crippen LogP contribution is 2.47. The van der Waals surface area contributed by atoms with Gasteiger partial charge in [-0.05, 0) is 19.4 Å². The van der Waals surface area contributed by atoms with Crippen molar-refractivity contribution >= 4 is 5.78 Å². The first-order chi connectivity index (χ1) is 9.25. The van der Waals surface area contributed by atoms with Crippen molar-refractivity contribution < 1.29 is 24.9 Å². The maximum absolute atomic E-state index is 12.5. The van der Waals surface area contributed by atoms with Crippen LogP contribution in [0.1, 0.15) is 42.3 Å². The van der Waals surface area contributed by atoms with Gasteiger partial charge in [0, 0.05) is 12.0 Å². The molecule has 0 spiro atoms. The number of ketones is 1. The Morgan fingerprint density at radius 3 is 2.65 bits per heavy atom. The highest BCUT2D eigenvalue weighted by Gasteiger charge is 2.61. The van der Waals surface area contributed by atoms with Crippen LogP contribution in [-0.2, 0) is 4.74 Å². The Balaban J connectivity index is 2.07. The molecule has 1 saturated heterocycles. The number of hydrogen-bond acceptors (Lipinski definition) is 5. The van der Waals surface area contributed by atoms with Gasteiger partial charge in [-0.15, -0.1) is 0 Å². The number of aliphatic hydroxyl groups is 3. The van der Waals surface area contributed by atoms with Crippen molar-refractivity contribution in [3.8, 4) is 0 Å². The van der Waals surface area contributed by atoms with Gasteiger partial charge in [0.2, 0.25) is 0 Å². The van der Waals surface area contributed by atoms with Gasteiger partial charge >= 0.3 is 0 Å². The van der Waals surface area contributed by atoms with Crippen LogP contribution in [0.15, 0.2) is 24.3 Å². The maximum atomic E-state index is 12.5. The van der Waals surface area contributed by atoms with E-state index in [1.165, 1.54) is 0 Å². The Morgan fingerprint density at radius 1 is 1.35 bits per heavy atom. The molecule has 4 unspecified atom stereocenters. The number of Topliss-reactive ketones (excluding diaryl/α,β-unsaturated/α-hetero) is 1. The predicted octanol–water partition coefficient (Wildman–Crippen LogP) is 0.576. The van der Waals surface area contributed by atoms with E-state index in [-0.39, 0.29) is 6.42 Å². The standard InChI is InChI=1S/C15H18O5/c1-14(2,18)10-7-15(19)12(17)9-6-4-3-5-8(9)11(16)13(15)20-10/h3-6,10-11,13,16,18-19H,7H2,1-2H3. The van der Waals surface area contributed by atoms with Gasteiger partial charge in [0.25, 0.3) is 0 Å². The lowest BCUT2D eigenvalue weighted by molar-refractivity contribution is -0.130. The monoisotopic (exact) mass is 278 g/mol. The average Bonchev–Trinajstić information content (AvgIpc) is 2.76. The van der Waals surface area contributed by atoms with Crippen molar-refractivity contribution in [1.82, 2.24) is 0 Å². The molecule has 3 N–H and O–H groups in total. The number of carbonyl (C=O) groups is 1. The van der Waals surface area contributed by atoms with Gasteiger partial charge in [0.05, 0.1) is 11.7 Å². The fourth-order valence-corrected chi connectivity index (χ4v) is 3.07. The topological polar surface area (TPSA) is 87.0 Å². The average molecular weight is 278 g/mol.